The summed E-state index contributed by atoms with van der Waals surface area (Å²) in [5.74, 6) is 0.592. The van der Waals surface area contributed by atoms with Crippen LogP contribution in [0.3, 0.4) is 0 Å². The highest BCUT2D eigenvalue weighted by Gasteiger charge is 2.41. The molecular weight excluding hydrogens is 430 g/mol. The maximum Gasteiger partial charge on any atom is 0.245 e. The number of benzene rings is 2. The molecule has 2 heterocycles. The van der Waals surface area contributed by atoms with Crippen molar-refractivity contribution >= 4 is 15.9 Å². The monoisotopic (exact) mass is 459 g/mol. The molecule has 0 spiro atoms. The Morgan fingerprint density at radius 2 is 1.69 bits per heavy atom. The van der Waals surface area contributed by atoms with E-state index >= 15 is 0 Å². The quantitative estimate of drug-likeness (QED) is 0.657. The largest absolute Gasteiger partial charge is 0.497 e. The molecule has 0 radical (unpaired) electrons. The van der Waals surface area contributed by atoms with Crippen molar-refractivity contribution in [2.24, 2.45) is 0 Å². The molecule has 2 aromatic rings. The summed E-state index contributed by atoms with van der Waals surface area (Å²) in [5.41, 5.74) is 0.736. The first-order valence-electron chi connectivity index (χ1n) is 10.8. The van der Waals surface area contributed by atoms with Crippen LogP contribution in [0.1, 0.15) is 18.2 Å². The molecule has 8 nitrogen and oxygen atoms in total. The van der Waals surface area contributed by atoms with Crippen LogP contribution in [0.15, 0.2) is 59.5 Å². The molecule has 0 unspecified atom stereocenters. The average Bonchev–Trinajstić information content (AvgIpc) is 2.85. The van der Waals surface area contributed by atoms with E-state index in [1.165, 1.54) is 4.31 Å². The number of nitrogens with zero attached hydrogens (tertiary/aromatic N) is 3. The van der Waals surface area contributed by atoms with Crippen LogP contribution in [0.25, 0.3) is 0 Å². The molecule has 2 aliphatic heterocycles. The summed E-state index contributed by atoms with van der Waals surface area (Å²) in [6.07, 6.45) is -0.137. The lowest BCUT2D eigenvalue weighted by Crippen LogP contribution is -2.54. The Balaban J connectivity index is 1.69. The Labute approximate surface area is 189 Å². The van der Waals surface area contributed by atoms with Gasteiger partial charge in [0.25, 0.3) is 0 Å². The van der Waals surface area contributed by atoms with Crippen LogP contribution in [0.5, 0.6) is 5.75 Å². The number of amides is 1. The number of carbonyl (C=O) groups is 1. The molecule has 1 amide bonds. The minimum Gasteiger partial charge on any atom is -0.497 e. The van der Waals surface area contributed by atoms with Crippen LogP contribution in [-0.2, 0) is 19.6 Å². The standard InChI is InChI=1S/C23H29N3O5S/c1-30-20-10-8-19(9-11-20)23-25(22(27)18-24-14-16-31-17-15-24)12-5-13-26(23)32(28,29)21-6-3-2-4-7-21/h2-4,6-11,23H,5,12-18H2,1H3/t23-/m0/s1. The SMILES string of the molecule is COc1ccc([C@H]2N(C(=O)CN3CCOCC3)CCCN2S(=O)(=O)c2ccccc2)cc1. The van der Waals surface area contributed by atoms with Gasteiger partial charge in [0.1, 0.15) is 11.9 Å². The molecular formula is C23H29N3O5S. The second-order valence-corrected chi connectivity index (χ2v) is 9.80. The Morgan fingerprint density at radius 1 is 1.00 bits per heavy atom. The molecule has 9 heteroatoms. The van der Waals surface area contributed by atoms with Crippen molar-refractivity contribution in [3.63, 3.8) is 0 Å². The van der Waals surface area contributed by atoms with Crippen molar-refractivity contribution in [1.82, 2.24) is 14.1 Å². The highest BCUT2D eigenvalue weighted by atomic mass is 32.2. The van der Waals surface area contributed by atoms with E-state index in [0.717, 1.165) is 5.56 Å². The molecule has 1 atom stereocenters. The van der Waals surface area contributed by atoms with E-state index in [1.807, 2.05) is 12.1 Å². The van der Waals surface area contributed by atoms with Gasteiger partial charge in [-0.15, -0.1) is 0 Å². The molecule has 0 N–H and O–H groups in total. The van der Waals surface area contributed by atoms with Gasteiger partial charge in [0, 0.05) is 26.2 Å². The molecule has 2 fully saturated rings. The molecule has 4 rings (SSSR count). The molecule has 0 bridgehead atoms. The third-order valence-corrected chi connectivity index (χ3v) is 7.76. The smallest absolute Gasteiger partial charge is 0.245 e. The molecule has 0 aliphatic carbocycles. The Bertz CT molecular complexity index is 1010. The van der Waals surface area contributed by atoms with E-state index in [9.17, 15) is 13.2 Å². The average molecular weight is 460 g/mol. The van der Waals surface area contributed by atoms with Crippen molar-refractivity contribution in [3.05, 3.63) is 60.2 Å². The summed E-state index contributed by atoms with van der Waals surface area (Å²) < 4.78 is 39.3. The first kappa shape index (κ1) is 22.7. The zero-order valence-electron chi connectivity index (χ0n) is 18.2. The van der Waals surface area contributed by atoms with Crippen LogP contribution in [0, 0.1) is 0 Å². The summed E-state index contributed by atoms with van der Waals surface area (Å²) in [6.45, 7) is 3.68. The van der Waals surface area contributed by atoms with Crippen molar-refractivity contribution in [2.45, 2.75) is 17.5 Å². The van der Waals surface area contributed by atoms with Crippen LogP contribution < -0.4 is 4.74 Å². The number of ether oxygens (including phenoxy) is 2. The van der Waals surface area contributed by atoms with Gasteiger partial charge in [-0.25, -0.2) is 8.42 Å². The van der Waals surface area contributed by atoms with E-state index in [0.29, 0.717) is 51.6 Å². The highest BCUT2D eigenvalue weighted by Crippen LogP contribution is 2.35. The van der Waals surface area contributed by atoms with E-state index < -0.39 is 16.2 Å². The van der Waals surface area contributed by atoms with Crippen molar-refractivity contribution < 1.29 is 22.7 Å². The lowest BCUT2D eigenvalue weighted by Gasteiger charge is -2.44. The lowest BCUT2D eigenvalue weighted by molar-refractivity contribution is -0.140. The molecule has 0 aromatic heterocycles. The highest BCUT2D eigenvalue weighted by molar-refractivity contribution is 7.89. The molecule has 172 valence electrons. The fourth-order valence-corrected chi connectivity index (χ4v) is 5.84. The van der Waals surface area contributed by atoms with Crippen LogP contribution in [-0.4, -0.2) is 81.5 Å². The van der Waals surface area contributed by atoms with Gasteiger partial charge in [-0.3, -0.25) is 9.69 Å². The number of carbonyl (C=O) groups excluding carboxylic acids is 1. The molecule has 2 saturated heterocycles. The summed E-state index contributed by atoms with van der Waals surface area (Å²) in [4.78, 5) is 17.4. The van der Waals surface area contributed by atoms with E-state index in [1.54, 1.807) is 54.5 Å². The third kappa shape index (κ3) is 4.80. The van der Waals surface area contributed by atoms with E-state index in [-0.39, 0.29) is 17.3 Å². The third-order valence-electron chi connectivity index (χ3n) is 5.89. The first-order chi connectivity index (χ1) is 15.5. The molecule has 2 aromatic carbocycles. The summed E-state index contributed by atoms with van der Waals surface area (Å²) in [6, 6.07) is 15.6. The second-order valence-electron chi connectivity index (χ2n) is 7.90. The fraction of sp³-hybridized carbons (Fsp3) is 0.435. The maximum absolute atomic E-state index is 13.6. The molecule has 2 aliphatic rings. The zero-order chi connectivity index (χ0) is 22.6. The predicted molar refractivity (Wildman–Crippen MR) is 120 cm³/mol. The summed E-state index contributed by atoms with van der Waals surface area (Å²) in [7, 11) is -2.22. The van der Waals surface area contributed by atoms with Gasteiger partial charge < -0.3 is 14.4 Å². The topological polar surface area (TPSA) is 79.4 Å². The van der Waals surface area contributed by atoms with Crippen molar-refractivity contribution in [2.75, 3.05) is 53.0 Å². The van der Waals surface area contributed by atoms with Gasteiger partial charge in [-0.1, -0.05) is 30.3 Å². The predicted octanol–water partition coefficient (Wildman–Crippen LogP) is 1.95. The van der Waals surface area contributed by atoms with Gasteiger partial charge >= 0.3 is 0 Å². The van der Waals surface area contributed by atoms with E-state index in [2.05, 4.69) is 4.90 Å². The number of methoxy groups -OCH3 is 1. The maximum atomic E-state index is 13.6. The number of hydrogen-bond acceptors (Lipinski definition) is 6. The van der Waals surface area contributed by atoms with Gasteiger partial charge in [0.2, 0.25) is 15.9 Å². The van der Waals surface area contributed by atoms with Gasteiger partial charge in [0.05, 0.1) is 31.8 Å². The van der Waals surface area contributed by atoms with Crippen LogP contribution in [0.2, 0.25) is 0 Å². The number of sulfonamides is 1. The Kier molecular flexibility index (Phi) is 7.10. The van der Waals surface area contributed by atoms with Crippen molar-refractivity contribution in [1.29, 1.82) is 0 Å². The molecule has 0 saturated carbocycles. The van der Waals surface area contributed by atoms with Crippen LogP contribution in [0.4, 0.5) is 0 Å². The normalized spacial score (nSPS) is 20.8. The Hall–Kier alpha value is -2.46. The number of rotatable bonds is 6. The summed E-state index contributed by atoms with van der Waals surface area (Å²) >= 11 is 0. The molecule has 32 heavy (non-hydrogen) atoms. The lowest BCUT2D eigenvalue weighted by atomic mass is 10.1. The van der Waals surface area contributed by atoms with Crippen LogP contribution >= 0.6 is 0 Å². The minimum atomic E-state index is -3.80. The van der Waals surface area contributed by atoms with Gasteiger partial charge in [0.15, 0.2) is 0 Å². The Morgan fingerprint density at radius 3 is 2.34 bits per heavy atom. The first-order valence-corrected chi connectivity index (χ1v) is 12.2. The zero-order valence-corrected chi connectivity index (χ0v) is 19.0. The number of hydrogen-bond donors (Lipinski definition) is 0. The minimum absolute atomic E-state index is 0.0827. The van der Waals surface area contributed by atoms with Crippen molar-refractivity contribution in [3.8, 4) is 5.75 Å². The van der Waals surface area contributed by atoms with Gasteiger partial charge in [-0.05, 0) is 36.2 Å². The van der Waals surface area contributed by atoms with Gasteiger partial charge in [-0.2, -0.15) is 4.31 Å². The van der Waals surface area contributed by atoms with E-state index in [4.69, 9.17) is 9.47 Å². The number of morpholine rings is 1. The second kappa shape index (κ2) is 9.99. The summed E-state index contributed by atoms with van der Waals surface area (Å²) in [5, 5.41) is 0. The fourth-order valence-electron chi connectivity index (χ4n) is 4.20.